The molecule has 0 bridgehead atoms. The van der Waals surface area contributed by atoms with E-state index in [0.717, 1.165) is 31.5 Å². The summed E-state index contributed by atoms with van der Waals surface area (Å²) < 4.78 is 0. The number of hydrogen-bond donors (Lipinski definition) is 2. The van der Waals surface area contributed by atoms with Crippen LogP contribution in [0.4, 0.5) is 0 Å². The van der Waals surface area contributed by atoms with Crippen LogP contribution in [0.1, 0.15) is 33.6 Å². The lowest BCUT2D eigenvalue weighted by Gasteiger charge is -2.34. The van der Waals surface area contributed by atoms with Crippen LogP contribution < -0.4 is 5.73 Å². The summed E-state index contributed by atoms with van der Waals surface area (Å²) in [6, 6.07) is 0. The number of hydrogen-bond acceptors (Lipinski definition) is 3. The Morgan fingerprint density at radius 3 is 2.38 bits per heavy atom. The van der Waals surface area contributed by atoms with Gasteiger partial charge in [-0.3, -0.25) is 0 Å². The van der Waals surface area contributed by atoms with Crippen LogP contribution in [0.15, 0.2) is 5.16 Å². The molecule has 0 aromatic rings. The molecule has 3 N–H and O–H groups in total. The van der Waals surface area contributed by atoms with Crippen molar-refractivity contribution in [1.29, 1.82) is 0 Å². The third-order valence-electron chi connectivity index (χ3n) is 3.73. The first-order valence-corrected chi connectivity index (χ1v) is 6.24. The Balaban J connectivity index is 2.32. The fourth-order valence-corrected chi connectivity index (χ4v) is 2.38. The molecule has 0 saturated carbocycles. The van der Waals surface area contributed by atoms with Crippen molar-refractivity contribution in [2.45, 2.75) is 33.6 Å². The first-order chi connectivity index (χ1) is 7.54. The molecule has 0 amide bonds. The lowest BCUT2D eigenvalue weighted by atomic mass is 9.86. The average molecular weight is 227 g/mol. The van der Waals surface area contributed by atoms with Gasteiger partial charge in [0, 0.05) is 12.5 Å². The van der Waals surface area contributed by atoms with Crippen LogP contribution in [0.2, 0.25) is 0 Å². The highest BCUT2D eigenvalue weighted by atomic mass is 16.4. The van der Waals surface area contributed by atoms with Gasteiger partial charge in [0.2, 0.25) is 0 Å². The van der Waals surface area contributed by atoms with E-state index in [1.54, 1.807) is 0 Å². The zero-order valence-electron chi connectivity index (χ0n) is 10.7. The zero-order chi connectivity index (χ0) is 12.1. The molecule has 1 aliphatic rings. The van der Waals surface area contributed by atoms with Gasteiger partial charge in [-0.1, -0.05) is 25.9 Å². The van der Waals surface area contributed by atoms with Crippen LogP contribution in [-0.4, -0.2) is 35.6 Å². The fourth-order valence-electron chi connectivity index (χ4n) is 2.38. The predicted octanol–water partition coefficient (Wildman–Crippen LogP) is 1.74. The SMILES string of the molecule is CC(CN1CCC(C(C)C)CC1)C(N)=NO. The number of oxime groups is 1. The third-order valence-corrected chi connectivity index (χ3v) is 3.73. The molecule has 1 rings (SSSR count). The lowest BCUT2D eigenvalue weighted by molar-refractivity contribution is 0.150. The predicted molar refractivity (Wildman–Crippen MR) is 66.6 cm³/mol. The van der Waals surface area contributed by atoms with Crippen molar-refractivity contribution in [2.75, 3.05) is 19.6 Å². The Bertz CT molecular complexity index is 232. The van der Waals surface area contributed by atoms with Crippen LogP contribution in [0.3, 0.4) is 0 Å². The van der Waals surface area contributed by atoms with Crippen molar-refractivity contribution < 1.29 is 5.21 Å². The fraction of sp³-hybridized carbons (Fsp3) is 0.917. The lowest BCUT2D eigenvalue weighted by Crippen LogP contribution is -2.40. The first-order valence-electron chi connectivity index (χ1n) is 6.24. The standard InChI is InChI=1S/C12H25N3O/c1-9(2)11-4-6-15(7-5-11)8-10(3)12(13)14-16/h9-11,16H,4-8H2,1-3H3,(H2,13,14). The Hall–Kier alpha value is -0.770. The minimum atomic E-state index is 0.139. The number of nitrogens with zero attached hydrogens (tertiary/aromatic N) is 2. The van der Waals surface area contributed by atoms with Gasteiger partial charge >= 0.3 is 0 Å². The molecule has 0 spiro atoms. The van der Waals surface area contributed by atoms with E-state index in [1.165, 1.54) is 12.8 Å². The van der Waals surface area contributed by atoms with E-state index in [1.807, 2.05) is 6.92 Å². The summed E-state index contributed by atoms with van der Waals surface area (Å²) in [5.41, 5.74) is 5.58. The molecule has 0 aliphatic carbocycles. The second-order valence-corrected chi connectivity index (χ2v) is 5.31. The molecule has 4 nitrogen and oxygen atoms in total. The molecular formula is C12H25N3O. The molecule has 4 heteroatoms. The van der Waals surface area contributed by atoms with Crippen molar-refractivity contribution in [2.24, 2.45) is 28.6 Å². The van der Waals surface area contributed by atoms with Gasteiger partial charge in [0.1, 0.15) is 5.84 Å². The van der Waals surface area contributed by atoms with Gasteiger partial charge in [0.15, 0.2) is 0 Å². The third kappa shape index (κ3) is 3.67. The maximum absolute atomic E-state index is 8.59. The van der Waals surface area contributed by atoms with Crippen LogP contribution >= 0.6 is 0 Å². The van der Waals surface area contributed by atoms with Crippen LogP contribution in [0.25, 0.3) is 0 Å². The Morgan fingerprint density at radius 1 is 1.38 bits per heavy atom. The largest absolute Gasteiger partial charge is 0.409 e. The summed E-state index contributed by atoms with van der Waals surface area (Å²) >= 11 is 0. The number of amidine groups is 1. The number of nitrogens with two attached hydrogens (primary N) is 1. The molecule has 1 fully saturated rings. The highest BCUT2D eigenvalue weighted by Gasteiger charge is 2.23. The first kappa shape index (κ1) is 13.3. The quantitative estimate of drug-likeness (QED) is 0.333. The van der Waals surface area contributed by atoms with E-state index in [9.17, 15) is 0 Å². The molecule has 0 radical (unpaired) electrons. The molecule has 0 aromatic heterocycles. The van der Waals surface area contributed by atoms with Gasteiger partial charge in [-0.15, -0.1) is 0 Å². The summed E-state index contributed by atoms with van der Waals surface area (Å²) in [6.45, 7) is 9.81. The van der Waals surface area contributed by atoms with Crippen molar-refractivity contribution >= 4 is 5.84 Å². The maximum atomic E-state index is 8.59. The van der Waals surface area contributed by atoms with Crippen molar-refractivity contribution in [3.8, 4) is 0 Å². The monoisotopic (exact) mass is 227 g/mol. The van der Waals surface area contributed by atoms with Gasteiger partial charge in [-0.05, 0) is 37.8 Å². The maximum Gasteiger partial charge on any atom is 0.143 e. The summed E-state index contributed by atoms with van der Waals surface area (Å²) in [5, 5.41) is 11.7. The molecule has 1 atom stereocenters. The Kier molecular flexibility index (Phi) is 5.06. The molecule has 0 aromatic carbocycles. The molecule has 1 saturated heterocycles. The molecule has 94 valence electrons. The van der Waals surface area contributed by atoms with E-state index in [2.05, 4.69) is 23.9 Å². The van der Waals surface area contributed by atoms with Crippen LogP contribution in [0, 0.1) is 17.8 Å². The van der Waals surface area contributed by atoms with E-state index in [0.29, 0.717) is 5.84 Å². The second-order valence-electron chi connectivity index (χ2n) is 5.31. The van der Waals surface area contributed by atoms with Gasteiger partial charge in [0.25, 0.3) is 0 Å². The van der Waals surface area contributed by atoms with E-state index < -0.39 is 0 Å². The summed E-state index contributed by atoms with van der Waals surface area (Å²) in [7, 11) is 0. The minimum Gasteiger partial charge on any atom is -0.409 e. The number of piperidine rings is 1. The molecular weight excluding hydrogens is 202 g/mol. The summed E-state index contributed by atoms with van der Waals surface area (Å²) in [4.78, 5) is 2.42. The molecule has 1 aliphatic heterocycles. The number of rotatable bonds is 4. The normalized spacial score (nSPS) is 22.6. The zero-order valence-corrected chi connectivity index (χ0v) is 10.7. The Morgan fingerprint density at radius 2 is 1.94 bits per heavy atom. The molecule has 1 unspecified atom stereocenters. The van der Waals surface area contributed by atoms with Gasteiger partial charge in [-0.2, -0.15) is 0 Å². The Labute approximate surface area is 98.5 Å². The van der Waals surface area contributed by atoms with Gasteiger partial charge < -0.3 is 15.8 Å². The number of likely N-dealkylation sites (tertiary alicyclic amines) is 1. The second kappa shape index (κ2) is 6.09. The minimum absolute atomic E-state index is 0.139. The van der Waals surface area contributed by atoms with Crippen molar-refractivity contribution in [1.82, 2.24) is 4.90 Å². The highest BCUT2D eigenvalue weighted by molar-refractivity contribution is 5.82. The van der Waals surface area contributed by atoms with Gasteiger partial charge in [-0.25, -0.2) is 0 Å². The van der Waals surface area contributed by atoms with Crippen molar-refractivity contribution in [3.05, 3.63) is 0 Å². The highest BCUT2D eigenvalue weighted by Crippen LogP contribution is 2.24. The summed E-state index contributed by atoms with van der Waals surface area (Å²) in [6.07, 6.45) is 2.56. The van der Waals surface area contributed by atoms with Gasteiger partial charge in [0.05, 0.1) is 0 Å². The van der Waals surface area contributed by atoms with Crippen LogP contribution in [0.5, 0.6) is 0 Å². The van der Waals surface area contributed by atoms with Crippen LogP contribution in [-0.2, 0) is 0 Å². The summed E-state index contributed by atoms with van der Waals surface area (Å²) in [5.74, 6) is 2.14. The topological polar surface area (TPSA) is 61.8 Å². The van der Waals surface area contributed by atoms with E-state index >= 15 is 0 Å². The smallest absolute Gasteiger partial charge is 0.143 e. The molecule has 1 heterocycles. The van der Waals surface area contributed by atoms with Crippen molar-refractivity contribution in [3.63, 3.8) is 0 Å². The molecule has 16 heavy (non-hydrogen) atoms. The average Bonchev–Trinajstić information content (AvgIpc) is 2.28. The van der Waals surface area contributed by atoms with E-state index in [4.69, 9.17) is 10.9 Å². The van der Waals surface area contributed by atoms with E-state index in [-0.39, 0.29) is 5.92 Å².